The summed E-state index contributed by atoms with van der Waals surface area (Å²) in [5.74, 6) is 1.19. The first-order valence-corrected chi connectivity index (χ1v) is 12.0. The first-order valence-electron chi connectivity index (χ1n) is 11.2. The molecule has 1 spiro atoms. The van der Waals surface area contributed by atoms with Crippen molar-refractivity contribution in [3.05, 3.63) is 40.7 Å². The first kappa shape index (κ1) is 18.6. The normalized spacial score (nSPS) is 24.3. The molecule has 2 aliphatic rings. The molecule has 0 radical (unpaired) electrons. The maximum Gasteiger partial charge on any atom is 0.158 e. The minimum Gasteiger partial charge on any atom is -0.354 e. The van der Waals surface area contributed by atoms with Crippen LogP contribution in [0.3, 0.4) is 0 Å². The van der Waals surface area contributed by atoms with Crippen molar-refractivity contribution < 1.29 is 0 Å². The summed E-state index contributed by atoms with van der Waals surface area (Å²) in [6.45, 7) is 9.15. The Bertz CT molecular complexity index is 1240. The molecule has 1 aliphatic carbocycles. The van der Waals surface area contributed by atoms with Gasteiger partial charge < -0.3 is 10.3 Å². The van der Waals surface area contributed by atoms with Crippen molar-refractivity contribution in [1.82, 2.24) is 24.9 Å². The van der Waals surface area contributed by atoms with Gasteiger partial charge in [0, 0.05) is 23.2 Å². The van der Waals surface area contributed by atoms with E-state index in [4.69, 9.17) is 0 Å². The fourth-order valence-corrected chi connectivity index (χ4v) is 7.31. The smallest absolute Gasteiger partial charge is 0.158 e. The molecule has 6 rings (SSSR count). The minimum absolute atomic E-state index is 0.459. The molecule has 5 heterocycles. The van der Waals surface area contributed by atoms with Crippen LogP contribution in [-0.4, -0.2) is 32.7 Å². The van der Waals surface area contributed by atoms with E-state index in [2.05, 4.69) is 59.5 Å². The van der Waals surface area contributed by atoms with Gasteiger partial charge in [-0.2, -0.15) is 5.10 Å². The van der Waals surface area contributed by atoms with Gasteiger partial charge in [-0.05, 0) is 79.7 Å². The summed E-state index contributed by atoms with van der Waals surface area (Å²) in [7, 11) is 0. The third-order valence-corrected chi connectivity index (χ3v) is 8.72. The van der Waals surface area contributed by atoms with Crippen LogP contribution in [0.2, 0.25) is 0 Å². The molecule has 4 aromatic heterocycles. The number of nitrogens with zero attached hydrogens (tertiary/aromatic N) is 3. The fraction of sp³-hybridized carbons (Fsp3) is 0.500. The average molecular weight is 420 g/mol. The van der Waals surface area contributed by atoms with Crippen molar-refractivity contribution in [3.63, 3.8) is 0 Å². The highest BCUT2D eigenvalue weighted by molar-refractivity contribution is 7.19. The minimum atomic E-state index is 0.459. The number of pyridine rings is 1. The van der Waals surface area contributed by atoms with E-state index in [0.717, 1.165) is 17.1 Å². The van der Waals surface area contributed by atoms with Gasteiger partial charge in [0.15, 0.2) is 5.65 Å². The molecule has 1 saturated carbocycles. The topological polar surface area (TPSA) is 58.0 Å². The molecule has 6 heteroatoms. The van der Waals surface area contributed by atoms with Gasteiger partial charge in [0.1, 0.15) is 6.33 Å². The molecule has 2 atom stereocenters. The number of aromatic amines is 1. The Morgan fingerprint density at radius 2 is 2.17 bits per heavy atom. The second kappa shape index (κ2) is 6.66. The lowest BCUT2D eigenvalue weighted by atomic mass is 9.84. The number of nitrogens with one attached hydrogen (secondary N) is 2. The summed E-state index contributed by atoms with van der Waals surface area (Å²) in [5, 5.41) is 7.97. The van der Waals surface area contributed by atoms with Gasteiger partial charge in [-0.15, -0.1) is 11.3 Å². The van der Waals surface area contributed by atoms with Crippen LogP contribution in [0.1, 0.15) is 67.4 Å². The van der Waals surface area contributed by atoms with Crippen LogP contribution >= 0.6 is 11.3 Å². The fourth-order valence-electron chi connectivity index (χ4n) is 5.86. The molecule has 0 bridgehead atoms. The number of hydrogen-bond acceptors (Lipinski definition) is 4. The highest BCUT2D eigenvalue weighted by Crippen LogP contribution is 2.52. The maximum absolute atomic E-state index is 4.37. The summed E-state index contributed by atoms with van der Waals surface area (Å²) in [5.41, 5.74) is 7.82. The number of rotatable bonds is 3. The number of hydrogen-bond donors (Lipinski definition) is 2. The van der Waals surface area contributed by atoms with Crippen molar-refractivity contribution in [2.24, 2.45) is 5.41 Å². The highest BCUT2D eigenvalue weighted by Gasteiger charge is 2.42. The van der Waals surface area contributed by atoms with Gasteiger partial charge in [-0.1, -0.05) is 13.8 Å². The van der Waals surface area contributed by atoms with E-state index in [0.29, 0.717) is 11.3 Å². The van der Waals surface area contributed by atoms with Crippen LogP contribution in [-0.2, 0) is 0 Å². The molecular formula is C24H29N5S. The SMILES string of the molecule is Cc1cc(-c2[nH]c3cc(C4CCC5(CCNC5)C4)sc3c2C(C)C)cn2ncnc12. The summed E-state index contributed by atoms with van der Waals surface area (Å²) >= 11 is 2.03. The van der Waals surface area contributed by atoms with Crippen molar-refractivity contribution >= 4 is 27.2 Å². The standard InChI is InChI=1S/C24H29N5S/c1-14(2)20-21(17-8-15(3)23-26-13-27-29(23)11-17)28-18-9-19(30-22(18)20)16-4-5-24(10-16)6-7-25-12-24/h8-9,11,13-14,16,25,28H,4-7,10,12H2,1-3H3. The quantitative estimate of drug-likeness (QED) is 0.453. The second-order valence-electron chi connectivity index (χ2n) is 9.77. The van der Waals surface area contributed by atoms with E-state index in [1.165, 1.54) is 65.8 Å². The Balaban J connectivity index is 1.42. The summed E-state index contributed by atoms with van der Waals surface area (Å²) < 4.78 is 3.33. The molecule has 5 nitrogen and oxygen atoms in total. The van der Waals surface area contributed by atoms with E-state index in [1.54, 1.807) is 11.2 Å². The molecule has 1 aliphatic heterocycles. The Kier molecular flexibility index (Phi) is 4.12. The Morgan fingerprint density at radius 1 is 1.27 bits per heavy atom. The van der Waals surface area contributed by atoms with E-state index in [1.807, 2.05) is 15.9 Å². The monoisotopic (exact) mass is 419 g/mol. The van der Waals surface area contributed by atoms with E-state index in [-0.39, 0.29) is 0 Å². The van der Waals surface area contributed by atoms with Gasteiger partial charge in [-0.3, -0.25) is 0 Å². The molecule has 0 aromatic carbocycles. The van der Waals surface area contributed by atoms with Crippen molar-refractivity contribution in [2.45, 2.75) is 58.3 Å². The van der Waals surface area contributed by atoms with Crippen molar-refractivity contribution in [3.8, 4) is 11.3 Å². The Labute approximate surface area is 180 Å². The molecule has 30 heavy (non-hydrogen) atoms. The van der Waals surface area contributed by atoms with Crippen LogP contribution in [0.15, 0.2) is 24.7 Å². The van der Waals surface area contributed by atoms with E-state index >= 15 is 0 Å². The zero-order valence-electron chi connectivity index (χ0n) is 18.0. The lowest BCUT2D eigenvalue weighted by Crippen LogP contribution is -2.20. The predicted molar refractivity (Wildman–Crippen MR) is 123 cm³/mol. The van der Waals surface area contributed by atoms with Crippen molar-refractivity contribution in [1.29, 1.82) is 0 Å². The average Bonchev–Trinajstić information content (AvgIpc) is 3.51. The molecule has 2 N–H and O–H groups in total. The van der Waals surface area contributed by atoms with Gasteiger partial charge in [0.25, 0.3) is 0 Å². The number of aryl methyl sites for hydroxylation is 1. The molecule has 0 amide bonds. The third kappa shape index (κ3) is 2.77. The second-order valence-corrected chi connectivity index (χ2v) is 10.9. The van der Waals surface area contributed by atoms with Crippen molar-refractivity contribution in [2.75, 3.05) is 13.1 Å². The van der Waals surface area contributed by atoms with E-state index in [9.17, 15) is 0 Å². The zero-order valence-corrected chi connectivity index (χ0v) is 18.8. The number of H-pyrrole nitrogens is 1. The molecule has 156 valence electrons. The largest absolute Gasteiger partial charge is 0.354 e. The highest BCUT2D eigenvalue weighted by atomic mass is 32.1. The van der Waals surface area contributed by atoms with Crippen LogP contribution in [0, 0.1) is 12.3 Å². The lowest BCUT2D eigenvalue weighted by molar-refractivity contribution is 0.332. The number of fused-ring (bicyclic) bond motifs is 2. The third-order valence-electron chi connectivity index (χ3n) is 7.39. The zero-order chi connectivity index (χ0) is 20.5. The van der Waals surface area contributed by atoms with Gasteiger partial charge in [0.2, 0.25) is 0 Å². The van der Waals surface area contributed by atoms with E-state index < -0.39 is 0 Å². The Morgan fingerprint density at radius 3 is 2.97 bits per heavy atom. The molecule has 2 fully saturated rings. The van der Waals surface area contributed by atoms with Crippen LogP contribution in [0.5, 0.6) is 0 Å². The van der Waals surface area contributed by atoms with Gasteiger partial charge >= 0.3 is 0 Å². The molecule has 2 unspecified atom stereocenters. The molecular weight excluding hydrogens is 390 g/mol. The van der Waals surface area contributed by atoms with Gasteiger partial charge in [-0.25, -0.2) is 9.50 Å². The molecule has 1 saturated heterocycles. The van der Waals surface area contributed by atoms with Crippen LogP contribution in [0.25, 0.3) is 27.1 Å². The summed E-state index contributed by atoms with van der Waals surface area (Å²) in [6, 6.07) is 4.68. The number of aromatic nitrogens is 4. The lowest BCUT2D eigenvalue weighted by Gasteiger charge is -2.21. The number of thiophene rings is 1. The summed E-state index contributed by atoms with van der Waals surface area (Å²) in [4.78, 5) is 9.74. The molecule has 4 aromatic rings. The first-order chi connectivity index (χ1) is 14.5. The van der Waals surface area contributed by atoms with Gasteiger partial charge in [0.05, 0.1) is 15.9 Å². The Hall–Kier alpha value is -2.18. The predicted octanol–water partition coefficient (Wildman–Crippen LogP) is 5.62. The maximum atomic E-state index is 4.37. The van der Waals surface area contributed by atoms with Crippen LogP contribution < -0.4 is 5.32 Å². The summed E-state index contributed by atoms with van der Waals surface area (Å²) in [6.07, 6.45) is 9.18. The van der Waals surface area contributed by atoms with Crippen LogP contribution in [0.4, 0.5) is 0 Å².